The summed E-state index contributed by atoms with van der Waals surface area (Å²) >= 11 is 0. The van der Waals surface area contributed by atoms with Gasteiger partial charge in [-0.05, 0) is 35.2 Å². The van der Waals surface area contributed by atoms with Crippen LogP contribution in [0.5, 0.6) is 11.5 Å². The third-order valence-corrected chi connectivity index (χ3v) is 5.30. The summed E-state index contributed by atoms with van der Waals surface area (Å²) in [7, 11) is 0. The van der Waals surface area contributed by atoms with Crippen molar-refractivity contribution >= 4 is 23.2 Å². The Balaban J connectivity index is 1.85. The predicted molar refractivity (Wildman–Crippen MR) is 119 cm³/mol. The minimum Gasteiger partial charge on any atom is -0.454 e. The first-order valence-electron chi connectivity index (χ1n) is 10.1. The van der Waals surface area contributed by atoms with Crippen LogP contribution in [-0.2, 0) is 10.2 Å². The summed E-state index contributed by atoms with van der Waals surface area (Å²) in [6.45, 7) is 7.73. The van der Waals surface area contributed by atoms with Gasteiger partial charge in [0.05, 0.1) is 11.3 Å². The second-order valence-corrected chi connectivity index (χ2v) is 8.63. The number of benzene rings is 3. The summed E-state index contributed by atoms with van der Waals surface area (Å²) in [6, 6.07) is 17.5. The third-order valence-electron chi connectivity index (χ3n) is 5.30. The third kappa shape index (κ3) is 3.75. The van der Waals surface area contributed by atoms with Gasteiger partial charge in [0.1, 0.15) is 5.75 Å². The molecule has 3 aromatic rings. The molecule has 1 aliphatic carbocycles. The van der Waals surface area contributed by atoms with Gasteiger partial charge in [0.2, 0.25) is 5.91 Å². The Morgan fingerprint density at radius 1 is 0.806 bits per heavy atom. The number of rotatable bonds is 3. The van der Waals surface area contributed by atoms with Crippen LogP contribution in [0.2, 0.25) is 0 Å². The predicted octanol–water partition coefficient (Wildman–Crippen LogP) is 5.51. The maximum atomic E-state index is 13.3. The molecule has 1 amide bonds. The first kappa shape index (κ1) is 20.5. The largest absolute Gasteiger partial charge is 0.454 e. The molecule has 0 spiro atoms. The van der Waals surface area contributed by atoms with Crippen molar-refractivity contribution in [2.24, 2.45) is 0 Å². The zero-order chi connectivity index (χ0) is 22.3. The minimum absolute atomic E-state index is 0.0160. The van der Waals surface area contributed by atoms with E-state index in [2.05, 4.69) is 26.1 Å². The minimum atomic E-state index is -0.307. The van der Waals surface area contributed by atoms with E-state index < -0.39 is 0 Å². The monoisotopic (exact) mass is 413 g/mol. The van der Waals surface area contributed by atoms with Gasteiger partial charge in [0.15, 0.2) is 17.3 Å². The zero-order valence-electron chi connectivity index (χ0n) is 17.9. The Morgan fingerprint density at radius 2 is 1.42 bits per heavy atom. The summed E-state index contributed by atoms with van der Waals surface area (Å²) in [5, 5.41) is 2.71. The van der Waals surface area contributed by atoms with Crippen molar-refractivity contribution in [2.75, 3.05) is 5.32 Å². The molecule has 5 nitrogen and oxygen atoms in total. The maximum Gasteiger partial charge on any atom is 0.221 e. The molecule has 156 valence electrons. The van der Waals surface area contributed by atoms with Gasteiger partial charge in [0, 0.05) is 23.6 Å². The van der Waals surface area contributed by atoms with Crippen molar-refractivity contribution in [1.29, 1.82) is 0 Å². The molecule has 1 aliphatic rings. The fourth-order valence-corrected chi connectivity index (χ4v) is 3.69. The number of anilines is 1. The highest BCUT2D eigenvalue weighted by molar-refractivity contribution is 6.30. The lowest BCUT2D eigenvalue weighted by Gasteiger charge is -2.23. The van der Waals surface area contributed by atoms with Crippen molar-refractivity contribution in [2.45, 2.75) is 33.1 Å². The molecule has 0 aliphatic heterocycles. The Labute approximate surface area is 181 Å². The molecule has 4 rings (SSSR count). The smallest absolute Gasteiger partial charge is 0.221 e. The van der Waals surface area contributed by atoms with Gasteiger partial charge in [0.25, 0.3) is 0 Å². The average molecular weight is 413 g/mol. The van der Waals surface area contributed by atoms with Crippen LogP contribution >= 0.6 is 0 Å². The summed E-state index contributed by atoms with van der Waals surface area (Å²) in [5.74, 6) is -0.176. The molecular weight excluding hydrogens is 390 g/mol. The van der Waals surface area contributed by atoms with Crippen LogP contribution in [0.1, 0.15) is 65.1 Å². The number of ether oxygens (including phenoxy) is 1. The van der Waals surface area contributed by atoms with Gasteiger partial charge in [-0.25, -0.2) is 0 Å². The van der Waals surface area contributed by atoms with Crippen LogP contribution in [0.15, 0.2) is 60.7 Å². The van der Waals surface area contributed by atoms with E-state index in [0.29, 0.717) is 22.6 Å². The van der Waals surface area contributed by atoms with Gasteiger partial charge in [-0.2, -0.15) is 0 Å². The molecular formula is C26H23NO4. The normalized spacial score (nSPS) is 12.8. The number of hydrogen-bond acceptors (Lipinski definition) is 4. The lowest BCUT2D eigenvalue weighted by Crippen LogP contribution is -2.22. The van der Waals surface area contributed by atoms with Gasteiger partial charge < -0.3 is 10.1 Å². The summed E-state index contributed by atoms with van der Waals surface area (Å²) in [6.07, 6.45) is 0. The molecule has 3 aromatic carbocycles. The van der Waals surface area contributed by atoms with Crippen molar-refractivity contribution in [3.05, 3.63) is 88.5 Å². The number of nitrogens with one attached hydrogen (secondary N) is 1. The molecule has 0 fully saturated rings. The number of ketones is 2. The molecule has 0 radical (unpaired) electrons. The standard InChI is InChI=1S/C26H23NO4/c1-15(28)27-21-14-13-20-22(24(30)19-8-6-5-7-18(19)23(20)29)25(21)31-17-11-9-16(10-12-17)26(2,3)4/h5-14H,1-4H3,(H,27,28). The quantitative estimate of drug-likeness (QED) is 0.481. The summed E-state index contributed by atoms with van der Waals surface area (Å²) in [5.41, 5.74) is 2.58. The molecule has 31 heavy (non-hydrogen) atoms. The topological polar surface area (TPSA) is 72.5 Å². The van der Waals surface area contributed by atoms with E-state index in [1.165, 1.54) is 6.92 Å². The highest BCUT2D eigenvalue weighted by Gasteiger charge is 2.34. The Bertz CT molecular complexity index is 1220. The van der Waals surface area contributed by atoms with E-state index in [1.54, 1.807) is 36.4 Å². The number of carbonyl (C=O) groups is 3. The van der Waals surface area contributed by atoms with Crippen molar-refractivity contribution in [3.8, 4) is 11.5 Å². The molecule has 0 unspecified atom stereocenters. The van der Waals surface area contributed by atoms with Crippen LogP contribution in [0.25, 0.3) is 0 Å². The van der Waals surface area contributed by atoms with Crippen LogP contribution in [0.4, 0.5) is 5.69 Å². The molecule has 0 heterocycles. The van der Waals surface area contributed by atoms with Crippen LogP contribution in [-0.4, -0.2) is 17.5 Å². The van der Waals surface area contributed by atoms with Crippen molar-refractivity contribution in [1.82, 2.24) is 0 Å². The number of hydrogen-bond donors (Lipinski definition) is 1. The molecule has 0 saturated carbocycles. The first-order chi connectivity index (χ1) is 14.7. The average Bonchev–Trinajstić information content (AvgIpc) is 2.72. The van der Waals surface area contributed by atoms with E-state index in [4.69, 9.17) is 4.74 Å². The molecule has 1 N–H and O–H groups in total. The molecule has 5 heteroatoms. The van der Waals surface area contributed by atoms with Gasteiger partial charge in [-0.3, -0.25) is 14.4 Å². The number of fused-ring (bicyclic) bond motifs is 2. The number of carbonyl (C=O) groups excluding carboxylic acids is 3. The van der Waals surface area contributed by atoms with E-state index >= 15 is 0 Å². The van der Waals surface area contributed by atoms with Crippen molar-refractivity contribution < 1.29 is 19.1 Å². The summed E-state index contributed by atoms with van der Waals surface area (Å²) in [4.78, 5) is 38.2. The fourth-order valence-electron chi connectivity index (χ4n) is 3.69. The molecule has 0 atom stereocenters. The Kier molecular flexibility index (Phi) is 4.97. The second-order valence-electron chi connectivity index (χ2n) is 8.63. The van der Waals surface area contributed by atoms with Crippen molar-refractivity contribution in [3.63, 3.8) is 0 Å². The van der Waals surface area contributed by atoms with Gasteiger partial charge in [-0.15, -0.1) is 0 Å². The lowest BCUT2D eigenvalue weighted by atomic mass is 9.83. The van der Waals surface area contributed by atoms with E-state index in [9.17, 15) is 14.4 Å². The highest BCUT2D eigenvalue weighted by Crippen LogP contribution is 2.41. The lowest BCUT2D eigenvalue weighted by molar-refractivity contribution is -0.114. The second kappa shape index (κ2) is 7.51. The van der Waals surface area contributed by atoms with Crippen LogP contribution in [0.3, 0.4) is 0 Å². The van der Waals surface area contributed by atoms with Gasteiger partial charge >= 0.3 is 0 Å². The SMILES string of the molecule is CC(=O)Nc1ccc2c(c1Oc1ccc(C(C)(C)C)cc1)C(=O)c1ccccc1C2=O. The Morgan fingerprint density at radius 3 is 2.00 bits per heavy atom. The highest BCUT2D eigenvalue weighted by atomic mass is 16.5. The molecule has 0 aromatic heterocycles. The Hall–Kier alpha value is -3.73. The first-order valence-corrected chi connectivity index (χ1v) is 10.1. The number of amides is 1. The molecule has 0 bridgehead atoms. The fraction of sp³-hybridized carbons (Fsp3) is 0.192. The van der Waals surface area contributed by atoms with E-state index in [0.717, 1.165) is 5.56 Å². The zero-order valence-corrected chi connectivity index (χ0v) is 17.9. The maximum absolute atomic E-state index is 13.3. The van der Waals surface area contributed by atoms with Crippen LogP contribution < -0.4 is 10.1 Å². The molecule has 0 saturated heterocycles. The summed E-state index contributed by atoms with van der Waals surface area (Å²) < 4.78 is 6.12. The van der Waals surface area contributed by atoms with Crippen LogP contribution in [0, 0.1) is 0 Å². The van der Waals surface area contributed by atoms with Gasteiger partial charge in [-0.1, -0.05) is 57.2 Å². The van der Waals surface area contributed by atoms with E-state index in [-0.39, 0.29) is 39.8 Å². The van der Waals surface area contributed by atoms with E-state index in [1.807, 2.05) is 24.3 Å².